The highest BCUT2D eigenvalue weighted by molar-refractivity contribution is 9.10. The molecule has 0 radical (unpaired) electrons. The number of aromatic nitrogens is 2. The molecular formula is C12H14BrFN4O2S. The Hall–Kier alpha value is -1.61. The van der Waals surface area contributed by atoms with Crippen molar-refractivity contribution in [3.8, 4) is 0 Å². The molecule has 3 N–H and O–H groups in total. The van der Waals surface area contributed by atoms with Gasteiger partial charge in [0.05, 0.1) is 6.20 Å². The maximum absolute atomic E-state index is 13.9. The Balaban J connectivity index is 2.44. The summed E-state index contributed by atoms with van der Waals surface area (Å²) >= 11 is 3.04. The Morgan fingerprint density at radius 2 is 2.10 bits per heavy atom. The molecule has 1 heterocycles. The van der Waals surface area contributed by atoms with Gasteiger partial charge in [0, 0.05) is 22.3 Å². The lowest BCUT2D eigenvalue weighted by Crippen LogP contribution is -2.18. The van der Waals surface area contributed by atoms with Crippen LogP contribution in [0.2, 0.25) is 0 Å². The van der Waals surface area contributed by atoms with Gasteiger partial charge < -0.3 is 5.73 Å². The summed E-state index contributed by atoms with van der Waals surface area (Å²) in [5.74, 6) is -0.634. The monoisotopic (exact) mass is 376 g/mol. The fourth-order valence-electron chi connectivity index (χ4n) is 1.75. The third-order valence-corrected chi connectivity index (χ3v) is 4.80. The molecule has 0 spiro atoms. The zero-order valence-electron chi connectivity index (χ0n) is 11.3. The Kier molecular flexibility index (Phi) is 4.24. The standard InChI is InChI=1S/C12H14BrFN4O2S/c1-7(2)18-12(3-4-16-18)17-21(19,20)11-6-10(15)8(13)5-9(11)14/h3-7,17H,15H2,1-2H3. The largest absolute Gasteiger partial charge is 0.398 e. The van der Waals surface area contributed by atoms with Gasteiger partial charge in [-0.2, -0.15) is 5.10 Å². The first kappa shape index (κ1) is 15.8. The van der Waals surface area contributed by atoms with E-state index in [2.05, 4.69) is 25.8 Å². The van der Waals surface area contributed by atoms with E-state index in [1.807, 2.05) is 13.8 Å². The van der Waals surface area contributed by atoms with Crippen LogP contribution >= 0.6 is 15.9 Å². The molecule has 2 rings (SSSR count). The molecule has 9 heteroatoms. The fourth-order valence-corrected chi connectivity index (χ4v) is 3.21. The van der Waals surface area contributed by atoms with E-state index >= 15 is 0 Å². The van der Waals surface area contributed by atoms with Crippen molar-refractivity contribution in [1.29, 1.82) is 0 Å². The predicted octanol–water partition coefficient (Wildman–Crippen LogP) is 2.75. The van der Waals surface area contributed by atoms with Gasteiger partial charge in [-0.15, -0.1) is 0 Å². The minimum Gasteiger partial charge on any atom is -0.398 e. The van der Waals surface area contributed by atoms with Crippen LogP contribution in [0.5, 0.6) is 0 Å². The fraction of sp³-hybridized carbons (Fsp3) is 0.250. The number of anilines is 2. The molecule has 0 aliphatic heterocycles. The van der Waals surface area contributed by atoms with E-state index in [1.54, 1.807) is 0 Å². The lowest BCUT2D eigenvalue weighted by atomic mass is 10.3. The molecule has 0 saturated heterocycles. The molecule has 0 saturated carbocycles. The summed E-state index contributed by atoms with van der Waals surface area (Å²) < 4.78 is 42.6. The van der Waals surface area contributed by atoms with Gasteiger partial charge in [0.1, 0.15) is 16.5 Å². The van der Waals surface area contributed by atoms with Gasteiger partial charge in [0.15, 0.2) is 0 Å². The molecule has 114 valence electrons. The van der Waals surface area contributed by atoms with Gasteiger partial charge >= 0.3 is 0 Å². The average molecular weight is 377 g/mol. The van der Waals surface area contributed by atoms with Crippen molar-refractivity contribution < 1.29 is 12.8 Å². The van der Waals surface area contributed by atoms with Gasteiger partial charge in [0.2, 0.25) is 0 Å². The normalized spacial score (nSPS) is 11.9. The number of nitrogen functional groups attached to an aromatic ring is 1. The van der Waals surface area contributed by atoms with Crippen molar-refractivity contribution >= 4 is 37.5 Å². The van der Waals surface area contributed by atoms with Crippen LogP contribution in [0, 0.1) is 5.82 Å². The van der Waals surface area contributed by atoms with Crippen LogP contribution in [-0.4, -0.2) is 18.2 Å². The second-order valence-electron chi connectivity index (χ2n) is 4.66. The lowest BCUT2D eigenvalue weighted by Gasteiger charge is -2.14. The van der Waals surface area contributed by atoms with E-state index in [4.69, 9.17) is 5.73 Å². The first-order valence-corrected chi connectivity index (χ1v) is 8.31. The molecule has 21 heavy (non-hydrogen) atoms. The van der Waals surface area contributed by atoms with Crippen molar-refractivity contribution in [1.82, 2.24) is 9.78 Å². The summed E-state index contributed by atoms with van der Waals surface area (Å²) in [4.78, 5) is -0.514. The summed E-state index contributed by atoms with van der Waals surface area (Å²) in [5, 5.41) is 4.01. The molecule has 1 aromatic heterocycles. The summed E-state index contributed by atoms with van der Waals surface area (Å²) in [6, 6.07) is 3.54. The van der Waals surface area contributed by atoms with Crippen molar-refractivity contribution in [3.63, 3.8) is 0 Å². The highest BCUT2D eigenvalue weighted by Crippen LogP contribution is 2.27. The lowest BCUT2D eigenvalue weighted by molar-refractivity contribution is 0.538. The molecule has 0 bridgehead atoms. The Morgan fingerprint density at radius 3 is 2.71 bits per heavy atom. The number of nitrogens with one attached hydrogen (secondary N) is 1. The zero-order valence-corrected chi connectivity index (χ0v) is 13.7. The Bertz CT molecular complexity index is 774. The van der Waals surface area contributed by atoms with Gasteiger partial charge in [-0.25, -0.2) is 17.5 Å². The van der Waals surface area contributed by atoms with Crippen LogP contribution in [-0.2, 0) is 10.0 Å². The smallest absolute Gasteiger partial charge is 0.266 e. The summed E-state index contributed by atoms with van der Waals surface area (Å²) in [5.41, 5.74) is 5.75. The number of hydrogen-bond acceptors (Lipinski definition) is 4. The molecule has 0 unspecified atom stereocenters. The molecular weight excluding hydrogens is 363 g/mol. The molecule has 6 nitrogen and oxygen atoms in total. The van der Waals surface area contributed by atoms with Crippen LogP contribution in [0.3, 0.4) is 0 Å². The van der Waals surface area contributed by atoms with E-state index in [-0.39, 0.29) is 17.5 Å². The third kappa shape index (κ3) is 3.18. The highest BCUT2D eigenvalue weighted by Gasteiger charge is 2.22. The summed E-state index contributed by atoms with van der Waals surface area (Å²) in [6.45, 7) is 3.70. The van der Waals surface area contributed by atoms with E-state index in [0.717, 1.165) is 12.1 Å². The van der Waals surface area contributed by atoms with E-state index in [9.17, 15) is 12.8 Å². The van der Waals surface area contributed by atoms with Gasteiger partial charge in [0.25, 0.3) is 10.0 Å². The third-order valence-electron chi connectivity index (χ3n) is 2.74. The first-order valence-electron chi connectivity index (χ1n) is 6.03. The Labute approximate surface area is 130 Å². The number of hydrogen-bond donors (Lipinski definition) is 2. The molecule has 0 atom stereocenters. The highest BCUT2D eigenvalue weighted by atomic mass is 79.9. The number of rotatable bonds is 4. The minimum atomic E-state index is -4.10. The van der Waals surface area contributed by atoms with Gasteiger partial charge in [-0.1, -0.05) is 0 Å². The minimum absolute atomic E-state index is 0.0439. The SMILES string of the molecule is CC(C)n1nccc1NS(=O)(=O)c1cc(N)c(Br)cc1F. The molecule has 1 aromatic carbocycles. The number of halogens is 2. The quantitative estimate of drug-likeness (QED) is 0.802. The maximum Gasteiger partial charge on any atom is 0.266 e. The summed E-state index contributed by atoms with van der Waals surface area (Å²) in [7, 11) is -4.10. The van der Waals surface area contributed by atoms with Crippen LogP contribution in [0.1, 0.15) is 19.9 Å². The number of sulfonamides is 1. The second kappa shape index (κ2) is 5.64. The van der Waals surface area contributed by atoms with Crippen LogP contribution in [0.15, 0.2) is 33.8 Å². The summed E-state index contributed by atoms with van der Waals surface area (Å²) in [6.07, 6.45) is 1.46. The van der Waals surface area contributed by atoms with Gasteiger partial charge in [-0.05, 0) is 41.9 Å². The van der Waals surface area contributed by atoms with Crippen LogP contribution in [0.25, 0.3) is 0 Å². The molecule has 0 fully saturated rings. The predicted molar refractivity (Wildman–Crippen MR) is 81.9 cm³/mol. The van der Waals surface area contributed by atoms with E-state index < -0.39 is 20.7 Å². The Morgan fingerprint density at radius 1 is 1.43 bits per heavy atom. The molecule has 2 aromatic rings. The van der Waals surface area contributed by atoms with E-state index in [0.29, 0.717) is 4.47 Å². The number of nitrogens with two attached hydrogens (primary N) is 1. The molecule has 0 aliphatic carbocycles. The van der Waals surface area contributed by atoms with E-state index in [1.165, 1.54) is 16.9 Å². The molecule has 0 amide bonds. The van der Waals surface area contributed by atoms with Crippen LogP contribution < -0.4 is 10.5 Å². The van der Waals surface area contributed by atoms with Gasteiger partial charge in [-0.3, -0.25) is 4.72 Å². The maximum atomic E-state index is 13.9. The average Bonchev–Trinajstić information content (AvgIpc) is 2.81. The number of nitrogens with zero attached hydrogens (tertiary/aromatic N) is 2. The van der Waals surface area contributed by atoms with Crippen molar-refractivity contribution in [2.45, 2.75) is 24.8 Å². The number of benzene rings is 1. The molecule has 0 aliphatic rings. The second-order valence-corrected chi connectivity index (χ2v) is 7.17. The van der Waals surface area contributed by atoms with Crippen LogP contribution in [0.4, 0.5) is 15.9 Å². The van der Waals surface area contributed by atoms with Crippen molar-refractivity contribution in [2.24, 2.45) is 0 Å². The first-order chi connectivity index (χ1) is 9.72. The van der Waals surface area contributed by atoms with Crippen molar-refractivity contribution in [3.05, 3.63) is 34.7 Å². The van der Waals surface area contributed by atoms with Crippen molar-refractivity contribution in [2.75, 3.05) is 10.5 Å². The zero-order chi connectivity index (χ0) is 15.8. The topological polar surface area (TPSA) is 90.0 Å².